The molecule has 1 amide bonds. The van der Waals surface area contributed by atoms with E-state index in [0.717, 1.165) is 5.56 Å². The molecule has 0 radical (unpaired) electrons. The zero-order chi connectivity index (χ0) is 14.9. The maximum absolute atomic E-state index is 13.6. The summed E-state index contributed by atoms with van der Waals surface area (Å²) in [6.07, 6.45) is 0. The molecule has 0 aliphatic rings. The van der Waals surface area contributed by atoms with Gasteiger partial charge in [0.2, 0.25) is 0 Å². The molecule has 0 saturated carbocycles. The molecule has 104 valence electrons. The van der Waals surface area contributed by atoms with E-state index < -0.39 is 11.7 Å². The van der Waals surface area contributed by atoms with Gasteiger partial charge in [-0.3, -0.25) is 4.79 Å². The Morgan fingerprint density at radius 1 is 1.25 bits per heavy atom. The van der Waals surface area contributed by atoms with Crippen LogP contribution in [0.15, 0.2) is 39.3 Å². The van der Waals surface area contributed by atoms with Crippen molar-refractivity contribution in [2.45, 2.75) is 6.92 Å². The van der Waals surface area contributed by atoms with Crippen LogP contribution in [0.3, 0.4) is 0 Å². The molecule has 6 heteroatoms. The van der Waals surface area contributed by atoms with Gasteiger partial charge in [0.05, 0.1) is 11.3 Å². The molecule has 2 nitrogen and oxygen atoms in total. The molecule has 0 aliphatic carbocycles. The van der Waals surface area contributed by atoms with Crippen LogP contribution in [0.1, 0.15) is 15.9 Å². The lowest BCUT2D eigenvalue weighted by Crippen LogP contribution is -2.14. The van der Waals surface area contributed by atoms with Crippen molar-refractivity contribution in [1.82, 2.24) is 0 Å². The van der Waals surface area contributed by atoms with Gasteiger partial charge in [0.15, 0.2) is 0 Å². The van der Waals surface area contributed by atoms with Crippen LogP contribution < -0.4 is 5.32 Å². The van der Waals surface area contributed by atoms with E-state index in [2.05, 4.69) is 37.2 Å². The maximum Gasteiger partial charge on any atom is 0.258 e. The van der Waals surface area contributed by atoms with E-state index in [0.29, 0.717) is 19.7 Å². The normalized spacial score (nSPS) is 10.4. The first-order valence-electron chi connectivity index (χ1n) is 5.60. The summed E-state index contributed by atoms with van der Waals surface area (Å²) < 4.78 is 15.0. The summed E-state index contributed by atoms with van der Waals surface area (Å²) >= 11 is 12.6. The number of anilines is 1. The predicted octanol–water partition coefficient (Wildman–Crippen LogP) is 5.56. The third kappa shape index (κ3) is 3.40. The number of aryl methyl sites for hydroxylation is 1. The average Bonchev–Trinajstić information content (AvgIpc) is 2.38. The second-order valence-corrected chi connectivity index (χ2v) is 6.34. The van der Waals surface area contributed by atoms with Gasteiger partial charge in [-0.15, -0.1) is 0 Å². The number of carbonyl (C=O) groups excluding carboxylic acids is 1. The van der Waals surface area contributed by atoms with Crippen LogP contribution >= 0.6 is 43.5 Å². The van der Waals surface area contributed by atoms with Crippen molar-refractivity contribution < 1.29 is 9.18 Å². The number of amides is 1. The third-order valence-corrected chi connectivity index (χ3v) is 4.23. The second kappa shape index (κ2) is 6.24. The molecule has 0 aromatic heterocycles. The van der Waals surface area contributed by atoms with Gasteiger partial charge in [-0.05, 0) is 58.7 Å². The fourth-order valence-electron chi connectivity index (χ4n) is 1.60. The summed E-state index contributed by atoms with van der Waals surface area (Å²) in [5.41, 5.74) is 1.33. The number of halogens is 4. The molecule has 0 aliphatic heterocycles. The van der Waals surface area contributed by atoms with Gasteiger partial charge in [0.25, 0.3) is 5.91 Å². The van der Waals surface area contributed by atoms with Crippen LogP contribution in [-0.2, 0) is 0 Å². The Morgan fingerprint density at radius 2 is 1.95 bits per heavy atom. The van der Waals surface area contributed by atoms with Gasteiger partial charge in [0, 0.05) is 14.0 Å². The highest BCUT2D eigenvalue weighted by Gasteiger charge is 2.14. The highest BCUT2D eigenvalue weighted by atomic mass is 79.9. The zero-order valence-corrected chi connectivity index (χ0v) is 14.2. The van der Waals surface area contributed by atoms with E-state index in [9.17, 15) is 9.18 Å². The van der Waals surface area contributed by atoms with Gasteiger partial charge >= 0.3 is 0 Å². The topological polar surface area (TPSA) is 29.1 Å². The van der Waals surface area contributed by atoms with E-state index in [-0.39, 0.29) is 5.56 Å². The lowest BCUT2D eigenvalue weighted by Gasteiger charge is -2.10. The van der Waals surface area contributed by atoms with E-state index >= 15 is 0 Å². The fraction of sp³-hybridized carbons (Fsp3) is 0.0714. The van der Waals surface area contributed by atoms with Gasteiger partial charge in [0.1, 0.15) is 5.82 Å². The van der Waals surface area contributed by atoms with Crippen molar-refractivity contribution in [2.75, 3.05) is 5.32 Å². The zero-order valence-electron chi connectivity index (χ0n) is 10.3. The Labute approximate surface area is 137 Å². The van der Waals surface area contributed by atoms with Crippen LogP contribution in [0.4, 0.5) is 10.1 Å². The van der Waals surface area contributed by atoms with Crippen molar-refractivity contribution in [3.8, 4) is 0 Å². The molecule has 0 heterocycles. The SMILES string of the molecule is Cc1cc(Br)c(NC(=O)c2cc(Br)ccc2F)cc1Cl. The first-order chi connectivity index (χ1) is 9.38. The van der Waals surface area contributed by atoms with Crippen LogP contribution in [-0.4, -0.2) is 5.91 Å². The summed E-state index contributed by atoms with van der Waals surface area (Å²) in [6, 6.07) is 7.60. The predicted molar refractivity (Wildman–Crippen MR) is 85.9 cm³/mol. The first kappa shape index (κ1) is 15.5. The molecule has 0 fully saturated rings. The Kier molecular flexibility index (Phi) is 4.83. The van der Waals surface area contributed by atoms with E-state index in [1.165, 1.54) is 18.2 Å². The number of hydrogen-bond acceptors (Lipinski definition) is 1. The Hall–Kier alpha value is -0.910. The minimum absolute atomic E-state index is 0.0389. The molecule has 2 rings (SSSR count). The quantitative estimate of drug-likeness (QED) is 0.675. The lowest BCUT2D eigenvalue weighted by molar-refractivity contribution is 0.102. The van der Waals surface area contributed by atoms with Gasteiger partial charge in [-0.25, -0.2) is 4.39 Å². The largest absolute Gasteiger partial charge is 0.321 e. The molecule has 0 atom stereocenters. The number of nitrogens with one attached hydrogen (secondary N) is 1. The van der Waals surface area contributed by atoms with Crippen molar-refractivity contribution in [3.63, 3.8) is 0 Å². The molecule has 20 heavy (non-hydrogen) atoms. The molecule has 0 spiro atoms. The summed E-state index contributed by atoms with van der Waals surface area (Å²) in [6.45, 7) is 1.85. The molecule has 0 unspecified atom stereocenters. The van der Waals surface area contributed by atoms with Crippen molar-refractivity contribution >= 4 is 55.1 Å². The van der Waals surface area contributed by atoms with Crippen molar-refractivity contribution in [1.29, 1.82) is 0 Å². The van der Waals surface area contributed by atoms with E-state index in [1.807, 2.05) is 6.92 Å². The van der Waals surface area contributed by atoms with E-state index in [1.54, 1.807) is 12.1 Å². The summed E-state index contributed by atoms with van der Waals surface area (Å²) in [5.74, 6) is -1.12. The molecular formula is C14H9Br2ClFNO. The van der Waals surface area contributed by atoms with Gasteiger partial charge < -0.3 is 5.32 Å². The third-order valence-electron chi connectivity index (χ3n) is 2.67. The van der Waals surface area contributed by atoms with Crippen LogP contribution in [0.5, 0.6) is 0 Å². The highest BCUT2D eigenvalue weighted by Crippen LogP contribution is 2.29. The molecule has 2 aromatic rings. The van der Waals surface area contributed by atoms with E-state index in [4.69, 9.17) is 11.6 Å². The Balaban J connectivity index is 2.32. The van der Waals surface area contributed by atoms with Crippen molar-refractivity contribution in [3.05, 3.63) is 61.2 Å². The molecule has 0 saturated heterocycles. The van der Waals surface area contributed by atoms with Gasteiger partial charge in [-0.2, -0.15) is 0 Å². The Bertz CT molecular complexity index is 691. The van der Waals surface area contributed by atoms with Crippen molar-refractivity contribution in [2.24, 2.45) is 0 Å². The lowest BCUT2D eigenvalue weighted by atomic mass is 10.2. The number of benzene rings is 2. The number of hydrogen-bond donors (Lipinski definition) is 1. The summed E-state index contributed by atoms with van der Waals surface area (Å²) in [4.78, 5) is 12.1. The minimum atomic E-state index is -0.583. The van der Waals surface area contributed by atoms with Crippen LogP contribution in [0.25, 0.3) is 0 Å². The number of carbonyl (C=O) groups is 1. The highest BCUT2D eigenvalue weighted by molar-refractivity contribution is 9.10. The van der Waals surface area contributed by atoms with Crippen LogP contribution in [0.2, 0.25) is 5.02 Å². The monoisotopic (exact) mass is 419 g/mol. The first-order valence-corrected chi connectivity index (χ1v) is 7.57. The molecule has 1 N–H and O–H groups in total. The fourth-order valence-corrected chi connectivity index (χ4v) is 2.68. The smallest absolute Gasteiger partial charge is 0.258 e. The number of rotatable bonds is 2. The van der Waals surface area contributed by atoms with Gasteiger partial charge in [-0.1, -0.05) is 27.5 Å². The maximum atomic E-state index is 13.6. The summed E-state index contributed by atoms with van der Waals surface area (Å²) in [7, 11) is 0. The molecule has 0 bridgehead atoms. The standard InChI is InChI=1S/C14H9Br2ClFNO/c1-7-4-10(16)13(6-11(7)17)19-14(20)9-5-8(15)2-3-12(9)18/h2-6H,1H3,(H,19,20). The molecular weight excluding hydrogens is 412 g/mol. The van der Waals surface area contributed by atoms with Crippen LogP contribution in [0, 0.1) is 12.7 Å². The average molecular weight is 421 g/mol. The summed E-state index contributed by atoms with van der Waals surface area (Å²) in [5, 5.41) is 3.16. The Morgan fingerprint density at radius 3 is 2.65 bits per heavy atom. The molecule has 2 aromatic carbocycles. The minimum Gasteiger partial charge on any atom is -0.321 e. The second-order valence-electron chi connectivity index (χ2n) is 4.16.